The summed E-state index contributed by atoms with van der Waals surface area (Å²) in [5.74, 6) is 0.541. The molecule has 2 aromatic carbocycles. The first-order chi connectivity index (χ1) is 17.6. The van der Waals surface area contributed by atoms with Crippen LogP contribution in [0.4, 0.5) is 10.5 Å². The lowest BCUT2D eigenvalue weighted by Crippen LogP contribution is -2.34. The monoisotopic (exact) mass is 532 g/mol. The number of carbonyl (C=O) groups excluding carboxylic acids is 1. The van der Waals surface area contributed by atoms with E-state index in [-0.39, 0.29) is 11.0 Å². The number of sulfonamides is 1. The summed E-state index contributed by atoms with van der Waals surface area (Å²) in [6.07, 6.45) is 9.83. The number of nitrogens with one attached hydrogen (secondary N) is 1. The highest BCUT2D eigenvalue weighted by Crippen LogP contribution is 2.27. The number of ether oxygens (including phenoxy) is 2. The van der Waals surface area contributed by atoms with Gasteiger partial charge in [-0.3, -0.25) is 4.72 Å². The van der Waals surface area contributed by atoms with E-state index in [1.54, 1.807) is 60.5 Å². The normalized spacial score (nSPS) is 11.7. The lowest BCUT2D eigenvalue weighted by atomic mass is 10.1. The second-order valence-corrected chi connectivity index (χ2v) is 12.0. The molecule has 0 aromatic heterocycles. The third-order valence-corrected chi connectivity index (χ3v) is 7.17. The first-order valence-corrected chi connectivity index (χ1v) is 14.8. The van der Waals surface area contributed by atoms with E-state index in [1.807, 2.05) is 26.8 Å². The van der Waals surface area contributed by atoms with Gasteiger partial charge >= 0.3 is 6.09 Å². The van der Waals surface area contributed by atoms with Crippen LogP contribution in [0.3, 0.4) is 0 Å². The van der Waals surface area contributed by atoms with E-state index < -0.39 is 15.6 Å². The molecule has 0 fully saturated rings. The third kappa shape index (κ3) is 12.4. The van der Waals surface area contributed by atoms with Gasteiger partial charge in [0.1, 0.15) is 11.4 Å². The van der Waals surface area contributed by atoms with Crippen LogP contribution in [0, 0.1) is 0 Å². The molecule has 0 saturated heterocycles. The molecule has 8 heteroatoms. The van der Waals surface area contributed by atoms with Crippen molar-refractivity contribution in [3.8, 4) is 5.75 Å². The van der Waals surface area contributed by atoms with E-state index in [4.69, 9.17) is 9.47 Å². The van der Waals surface area contributed by atoms with Crippen LogP contribution in [-0.2, 0) is 14.8 Å². The van der Waals surface area contributed by atoms with Gasteiger partial charge in [-0.25, -0.2) is 13.2 Å². The molecule has 0 atom stereocenters. The van der Waals surface area contributed by atoms with Gasteiger partial charge in [-0.15, -0.1) is 0 Å². The van der Waals surface area contributed by atoms with Gasteiger partial charge in [-0.1, -0.05) is 75.3 Å². The molecule has 0 heterocycles. The van der Waals surface area contributed by atoms with Crippen molar-refractivity contribution >= 4 is 21.8 Å². The summed E-state index contributed by atoms with van der Waals surface area (Å²) in [6.45, 7) is 6.92. The van der Waals surface area contributed by atoms with E-state index in [2.05, 4.69) is 4.72 Å². The average Bonchev–Trinajstić information content (AvgIpc) is 2.84. The molecule has 0 unspecified atom stereocenters. The van der Waals surface area contributed by atoms with Gasteiger partial charge in [0.25, 0.3) is 10.0 Å². The van der Waals surface area contributed by atoms with E-state index >= 15 is 0 Å². The van der Waals surface area contributed by atoms with Gasteiger partial charge in [-0.05, 0) is 57.9 Å². The molecular weight excluding hydrogens is 488 g/mol. The van der Waals surface area contributed by atoms with Gasteiger partial charge in [0.15, 0.2) is 0 Å². The maximum absolute atomic E-state index is 12.6. The molecule has 37 heavy (non-hydrogen) atoms. The summed E-state index contributed by atoms with van der Waals surface area (Å²) in [5, 5.41) is 0. The number of unbranched alkanes of at least 4 members (excludes halogenated alkanes) is 8. The molecule has 2 rings (SSSR count). The van der Waals surface area contributed by atoms with Crippen LogP contribution >= 0.6 is 0 Å². The first kappa shape index (κ1) is 30.5. The maximum Gasteiger partial charge on any atom is 0.410 e. The van der Waals surface area contributed by atoms with Gasteiger partial charge in [-0.2, -0.15) is 0 Å². The largest absolute Gasteiger partial charge is 0.491 e. The molecule has 1 amide bonds. The average molecular weight is 533 g/mol. The Kier molecular flexibility index (Phi) is 12.8. The number of anilines is 1. The molecule has 0 aliphatic rings. The Hall–Kier alpha value is -2.74. The summed E-state index contributed by atoms with van der Waals surface area (Å²) in [7, 11) is -1.87. The molecule has 0 radical (unpaired) electrons. The quantitative estimate of drug-likeness (QED) is 0.230. The van der Waals surface area contributed by atoms with Gasteiger partial charge in [0.05, 0.1) is 17.2 Å². The lowest BCUT2D eigenvalue weighted by Gasteiger charge is -2.24. The number of nitrogens with zero attached hydrogens (tertiary/aromatic N) is 1. The van der Waals surface area contributed by atoms with Crippen LogP contribution in [0.2, 0.25) is 0 Å². The highest BCUT2D eigenvalue weighted by atomic mass is 32.2. The zero-order valence-corrected chi connectivity index (χ0v) is 23.7. The summed E-state index contributed by atoms with van der Waals surface area (Å²) in [5.41, 5.74) is -0.00569. The van der Waals surface area contributed by atoms with E-state index in [0.717, 1.165) is 38.6 Å². The minimum atomic E-state index is -3.66. The molecule has 0 saturated carbocycles. The van der Waals surface area contributed by atoms with Gasteiger partial charge < -0.3 is 14.4 Å². The van der Waals surface area contributed by atoms with Crippen LogP contribution < -0.4 is 9.46 Å². The van der Waals surface area contributed by atoms with Crippen LogP contribution in [0.1, 0.15) is 78.6 Å². The summed E-state index contributed by atoms with van der Waals surface area (Å²) in [4.78, 5) is 13.8. The maximum atomic E-state index is 12.6. The molecule has 0 aliphatic heterocycles. The Bertz CT molecular complexity index is 1040. The van der Waals surface area contributed by atoms with Crippen molar-refractivity contribution in [1.82, 2.24) is 4.90 Å². The zero-order valence-electron chi connectivity index (χ0n) is 22.9. The fourth-order valence-corrected chi connectivity index (χ4v) is 4.87. The topological polar surface area (TPSA) is 84.9 Å². The summed E-state index contributed by atoms with van der Waals surface area (Å²) >= 11 is 0. The van der Waals surface area contributed by atoms with Crippen molar-refractivity contribution in [1.29, 1.82) is 0 Å². The molecule has 1 N–H and O–H groups in total. The predicted molar refractivity (Wildman–Crippen MR) is 150 cm³/mol. The first-order valence-electron chi connectivity index (χ1n) is 13.3. The van der Waals surface area contributed by atoms with Crippen LogP contribution in [0.5, 0.6) is 5.75 Å². The Balaban J connectivity index is 1.54. The van der Waals surface area contributed by atoms with Crippen molar-refractivity contribution < 1.29 is 22.7 Å². The predicted octanol–water partition coefficient (Wildman–Crippen LogP) is 7.24. The highest BCUT2D eigenvalue weighted by molar-refractivity contribution is 7.92. The van der Waals surface area contributed by atoms with Crippen molar-refractivity contribution in [2.45, 2.75) is 89.1 Å². The number of carbonyl (C=O) groups is 1. The molecular formula is C29H44N2O5S. The Morgan fingerprint density at radius 3 is 1.97 bits per heavy atom. The van der Waals surface area contributed by atoms with Gasteiger partial charge in [0, 0.05) is 13.6 Å². The second kappa shape index (κ2) is 15.5. The third-order valence-electron chi connectivity index (χ3n) is 5.79. The van der Waals surface area contributed by atoms with Crippen LogP contribution in [-0.4, -0.2) is 45.2 Å². The Labute approximate surface area is 223 Å². The molecule has 0 spiro atoms. The number of hydrogen-bond acceptors (Lipinski definition) is 5. The summed E-state index contributed by atoms with van der Waals surface area (Å²) in [6, 6.07) is 15.4. The van der Waals surface area contributed by atoms with Crippen molar-refractivity contribution in [2.75, 3.05) is 24.9 Å². The number of para-hydroxylation sites is 2. The molecule has 0 aliphatic carbocycles. The van der Waals surface area contributed by atoms with Gasteiger partial charge in [0.2, 0.25) is 0 Å². The van der Waals surface area contributed by atoms with E-state index in [9.17, 15) is 13.2 Å². The molecule has 206 valence electrons. The SMILES string of the molecule is CN(CCCCCCCCCCCOc1ccccc1NS(=O)(=O)c1ccccc1)C(=O)OC(C)(C)C. The number of rotatable bonds is 16. The minimum Gasteiger partial charge on any atom is -0.491 e. The smallest absolute Gasteiger partial charge is 0.410 e. The lowest BCUT2D eigenvalue weighted by molar-refractivity contribution is 0.0296. The minimum absolute atomic E-state index is 0.220. The van der Waals surface area contributed by atoms with E-state index in [1.165, 1.54) is 25.7 Å². The van der Waals surface area contributed by atoms with Crippen LogP contribution in [0.25, 0.3) is 0 Å². The molecule has 2 aromatic rings. The van der Waals surface area contributed by atoms with Crippen LogP contribution in [0.15, 0.2) is 59.5 Å². The molecule has 7 nitrogen and oxygen atoms in total. The zero-order chi connectivity index (χ0) is 27.2. The van der Waals surface area contributed by atoms with Crippen molar-refractivity contribution in [3.63, 3.8) is 0 Å². The fraction of sp³-hybridized carbons (Fsp3) is 0.552. The second-order valence-electron chi connectivity index (χ2n) is 10.3. The van der Waals surface area contributed by atoms with Crippen molar-refractivity contribution in [2.24, 2.45) is 0 Å². The summed E-state index contributed by atoms with van der Waals surface area (Å²) < 4.78 is 39.1. The number of benzene rings is 2. The Morgan fingerprint density at radius 2 is 1.35 bits per heavy atom. The standard InChI is InChI=1S/C29H44N2O5S/c1-29(2,3)36-28(32)31(4)23-17-10-8-6-5-7-9-11-18-24-35-27-22-16-15-21-26(27)30-37(33,34)25-19-13-12-14-20-25/h12-16,19-22,30H,5-11,17-18,23-24H2,1-4H3. The fourth-order valence-electron chi connectivity index (χ4n) is 3.78. The highest BCUT2D eigenvalue weighted by Gasteiger charge is 2.19. The van der Waals surface area contributed by atoms with Crippen molar-refractivity contribution in [3.05, 3.63) is 54.6 Å². The van der Waals surface area contributed by atoms with E-state index in [0.29, 0.717) is 18.0 Å². The Morgan fingerprint density at radius 1 is 0.811 bits per heavy atom. The molecule has 0 bridgehead atoms. The number of hydrogen-bond donors (Lipinski definition) is 1. The number of amides is 1.